The van der Waals surface area contributed by atoms with Crippen molar-refractivity contribution < 1.29 is 13.5 Å². The number of aryl methyl sites for hydroxylation is 2. The van der Waals surface area contributed by atoms with Gasteiger partial charge in [-0.2, -0.15) is 0 Å². The Balaban J connectivity index is 2.19. The molecule has 19 heavy (non-hydrogen) atoms. The van der Waals surface area contributed by atoms with Crippen LogP contribution in [-0.4, -0.2) is 25.7 Å². The summed E-state index contributed by atoms with van der Waals surface area (Å²) in [6, 6.07) is 4.73. The van der Waals surface area contributed by atoms with Gasteiger partial charge >= 0.3 is 0 Å². The van der Waals surface area contributed by atoms with E-state index in [0.717, 1.165) is 24.0 Å². The maximum atomic E-state index is 12.3. The molecule has 1 fully saturated rings. The lowest BCUT2D eigenvalue weighted by molar-refractivity contribution is 0.101. The SMILES string of the molecule is Cc1ccc(S(=O)(=O)N[C@H]2CCCC[C@@H]2O)cc1C. The van der Waals surface area contributed by atoms with Crippen LogP contribution in [0.5, 0.6) is 0 Å². The average Bonchev–Trinajstić information content (AvgIpc) is 2.35. The molecule has 0 bridgehead atoms. The van der Waals surface area contributed by atoms with Crippen molar-refractivity contribution in [2.24, 2.45) is 0 Å². The standard InChI is InChI=1S/C14H21NO3S/c1-10-7-8-12(9-11(10)2)19(17,18)15-13-5-3-4-6-14(13)16/h7-9,13-16H,3-6H2,1-2H3/t13-,14-/m0/s1. The first-order valence-electron chi connectivity index (χ1n) is 6.68. The summed E-state index contributed by atoms with van der Waals surface area (Å²) in [6.45, 7) is 3.84. The summed E-state index contributed by atoms with van der Waals surface area (Å²) in [7, 11) is -3.54. The summed E-state index contributed by atoms with van der Waals surface area (Å²) in [5.74, 6) is 0. The van der Waals surface area contributed by atoms with Gasteiger partial charge in [0.05, 0.1) is 11.0 Å². The average molecular weight is 283 g/mol. The minimum atomic E-state index is -3.54. The number of benzene rings is 1. The molecule has 0 aliphatic heterocycles. The van der Waals surface area contributed by atoms with E-state index >= 15 is 0 Å². The van der Waals surface area contributed by atoms with E-state index in [2.05, 4.69) is 4.72 Å². The van der Waals surface area contributed by atoms with E-state index in [1.807, 2.05) is 13.8 Å². The lowest BCUT2D eigenvalue weighted by Crippen LogP contribution is -2.44. The third kappa shape index (κ3) is 3.35. The topological polar surface area (TPSA) is 66.4 Å². The van der Waals surface area contributed by atoms with Crippen LogP contribution in [0.3, 0.4) is 0 Å². The van der Waals surface area contributed by atoms with Crippen molar-refractivity contribution in [3.8, 4) is 0 Å². The maximum Gasteiger partial charge on any atom is 0.240 e. The van der Waals surface area contributed by atoms with Gasteiger partial charge in [-0.05, 0) is 49.9 Å². The fourth-order valence-electron chi connectivity index (χ4n) is 2.40. The third-order valence-electron chi connectivity index (χ3n) is 3.82. The van der Waals surface area contributed by atoms with Crippen molar-refractivity contribution in [1.29, 1.82) is 0 Å². The lowest BCUT2D eigenvalue weighted by atomic mass is 9.93. The Bertz CT molecular complexity index is 554. The van der Waals surface area contributed by atoms with Gasteiger partial charge in [0.15, 0.2) is 0 Å². The first-order chi connectivity index (χ1) is 8.90. The van der Waals surface area contributed by atoms with E-state index < -0.39 is 16.1 Å². The van der Waals surface area contributed by atoms with Crippen LogP contribution in [0.25, 0.3) is 0 Å². The monoisotopic (exact) mass is 283 g/mol. The largest absolute Gasteiger partial charge is 0.391 e. The highest BCUT2D eigenvalue weighted by molar-refractivity contribution is 7.89. The fraction of sp³-hybridized carbons (Fsp3) is 0.571. The second kappa shape index (κ2) is 5.61. The first-order valence-corrected chi connectivity index (χ1v) is 8.16. The zero-order chi connectivity index (χ0) is 14.0. The highest BCUT2D eigenvalue weighted by atomic mass is 32.2. The van der Waals surface area contributed by atoms with Crippen LogP contribution in [0.4, 0.5) is 0 Å². The Hall–Kier alpha value is -0.910. The number of hydrogen-bond donors (Lipinski definition) is 2. The van der Waals surface area contributed by atoms with Crippen LogP contribution in [0.2, 0.25) is 0 Å². The Kier molecular flexibility index (Phi) is 4.28. The summed E-state index contributed by atoms with van der Waals surface area (Å²) >= 11 is 0. The lowest BCUT2D eigenvalue weighted by Gasteiger charge is -2.28. The Morgan fingerprint density at radius 1 is 1.16 bits per heavy atom. The number of aliphatic hydroxyl groups excluding tert-OH is 1. The van der Waals surface area contributed by atoms with Crippen LogP contribution in [0.15, 0.2) is 23.1 Å². The van der Waals surface area contributed by atoms with Crippen LogP contribution >= 0.6 is 0 Å². The number of nitrogens with one attached hydrogen (secondary N) is 1. The molecule has 2 atom stereocenters. The molecule has 0 unspecified atom stereocenters. The van der Waals surface area contributed by atoms with E-state index in [1.165, 1.54) is 0 Å². The molecule has 1 aromatic rings. The van der Waals surface area contributed by atoms with Crippen molar-refractivity contribution in [2.75, 3.05) is 0 Å². The van der Waals surface area contributed by atoms with Gasteiger partial charge in [0.25, 0.3) is 0 Å². The zero-order valence-electron chi connectivity index (χ0n) is 11.4. The predicted octanol–water partition coefficient (Wildman–Crippen LogP) is 1.89. The van der Waals surface area contributed by atoms with E-state index in [-0.39, 0.29) is 10.9 Å². The van der Waals surface area contributed by atoms with Crippen LogP contribution in [0.1, 0.15) is 36.8 Å². The van der Waals surface area contributed by atoms with Crippen molar-refractivity contribution in [3.63, 3.8) is 0 Å². The van der Waals surface area contributed by atoms with Gasteiger partial charge in [0.2, 0.25) is 10.0 Å². The molecule has 0 spiro atoms. The molecule has 0 saturated heterocycles. The zero-order valence-corrected chi connectivity index (χ0v) is 12.2. The number of sulfonamides is 1. The molecule has 0 heterocycles. The summed E-state index contributed by atoms with van der Waals surface area (Å²) in [6.07, 6.45) is 2.71. The van der Waals surface area contributed by atoms with Crippen LogP contribution in [-0.2, 0) is 10.0 Å². The van der Waals surface area contributed by atoms with E-state index in [1.54, 1.807) is 18.2 Å². The maximum absolute atomic E-state index is 12.3. The minimum Gasteiger partial charge on any atom is -0.391 e. The Morgan fingerprint density at radius 3 is 2.47 bits per heavy atom. The molecule has 1 aliphatic carbocycles. The van der Waals surface area contributed by atoms with Gasteiger partial charge in [0, 0.05) is 6.04 Å². The van der Waals surface area contributed by atoms with Crippen molar-refractivity contribution in [2.45, 2.75) is 56.6 Å². The first kappa shape index (κ1) is 14.5. The van der Waals surface area contributed by atoms with Gasteiger partial charge in [-0.15, -0.1) is 0 Å². The minimum absolute atomic E-state index is 0.272. The van der Waals surface area contributed by atoms with E-state index in [4.69, 9.17) is 0 Å². The normalized spacial score (nSPS) is 24.4. The van der Waals surface area contributed by atoms with Gasteiger partial charge in [-0.1, -0.05) is 18.9 Å². The highest BCUT2D eigenvalue weighted by Crippen LogP contribution is 2.21. The number of rotatable bonds is 3. The number of aliphatic hydroxyl groups is 1. The summed E-state index contributed by atoms with van der Waals surface area (Å²) in [5.41, 5.74) is 2.02. The molecule has 1 saturated carbocycles. The smallest absolute Gasteiger partial charge is 0.240 e. The molecule has 5 heteroatoms. The predicted molar refractivity (Wildman–Crippen MR) is 74.5 cm³/mol. The molecule has 0 amide bonds. The van der Waals surface area contributed by atoms with Crippen LogP contribution < -0.4 is 4.72 Å². The van der Waals surface area contributed by atoms with Gasteiger partial charge in [-0.25, -0.2) is 13.1 Å². The van der Waals surface area contributed by atoms with Crippen LogP contribution in [0, 0.1) is 13.8 Å². The summed E-state index contributed by atoms with van der Waals surface area (Å²) < 4.78 is 27.2. The van der Waals surface area contributed by atoms with E-state index in [9.17, 15) is 13.5 Å². The molecule has 1 aliphatic rings. The molecule has 0 radical (unpaired) electrons. The van der Waals surface area contributed by atoms with Gasteiger partial charge in [-0.3, -0.25) is 0 Å². The third-order valence-corrected chi connectivity index (χ3v) is 5.31. The molecule has 4 nitrogen and oxygen atoms in total. The molecule has 0 aromatic heterocycles. The second-order valence-electron chi connectivity index (χ2n) is 5.33. The Morgan fingerprint density at radius 2 is 1.84 bits per heavy atom. The van der Waals surface area contributed by atoms with Gasteiger partial charge < -0.3 is 5.11 Å². The van der Waals surface area contributed by atoms with Crippen molar-refractivity contribution in [3.05, 3.63) is 29.3 Å². The second-order valence-corrected chi connectivity index (χ2v) is 7.04. The number of hydrogen-bond acceptors (Lipinski definition) is 3. The highest BCUT2D eigenvalue weighted by Gasteiger charge is 2.28. The van der Waals surface area contributed by atoms with Crippen molar-refractivity contribution in [1.82, 2.24) is 4.72 Å². The molecule has 1 aromatic carbocycles. The fourth-order valence-corrected chi connectivity index (χ4v) is 3.79. The molecular weight excluding hydrogens is 262 g/mol. The molecule has 2 rings (SSSR count). The molecule has 2 N–H and O–H groups in total. The molecule has 106 valence electrons. The summed E-state index contributed by atoms with van der Waals surface area (Å²) in [4.78, 5) is 0.272. The van der Waals surface area contributed by atoms with E-state index in [0.29, 0.717) is 12.8 Å². The summed E-state index contributed by atoms with van der Waals surface area (Å²) in [5, 5.41) is 9.85. The van der Waals surface area contributed by atoms with Crippen molar-refractivity contribution >= 4 is 10.0 Å². The quantitative estimate of drug-likeness (QED) is 0.890. The van der Waals surface area contributed by atoms with Gasteiger partial charge in [0.1, 0.15) is 0 Å². The molecular formula is C14H21NO3S. The Labute approximate surface area is 114 Å².